The minimum absolute atomic E-state index is 0.0924. The molecule has 0 bridgehead atoms. The summed E-state index contributed by atoms with van der Waals surface area (Å²) in [5, 5.41) is 0. The number of ether oxygens (including phenoxy) is 3. The topological polar surface area (TPSA) is 78.9 Å². The number of hydrogen-bond acceptors (Lipinski definition) is 6. The Morgan fingerprint density at radius 2 is 0.923 bits per heavy atom. The lowest BCUT2D eigenvalue weighted by atomic mass is 10.0. The lowest BCUT2D eigenvalue weighted by Gasteiger charge is -2.16. The summed E-state index contributed by atoms with van der Waals surface area (Å²) in [5.41, 5.74) is 2.34. The summed E-state index contributed by atoms with van der Waals surface area (Å²) in [6.45, 7) is 6.46. The van der Waals surface area contributed by atoms with Crippen LogP contribution >= 0.6 is 0 Å². The Hall–Kier alpha value is -4.37. The van der Waals surface area contributed by atoms with E-state index in [-0.39, 0.29) is 18.0 Å². The van der Waals surface area contributed by atoms with Crippen molar-refractivity contribution >= 4 is 17.9 Å². The minimum Gasteiger partial charge on any atom is -0.459 e. The van der Waals surface area contributed by atoms with Crippen LogP contribution in [0.25, 0.3) is 0 Å². The van der Waals surface area contributed by atoms with Gasteiger partial charge in [-0.25, -0.2) is 9.59 Å². The maximum absolute atomic E-state index is 12.7. The summed E-state index contributed by atoms with van der Waals surface area (Å²) in [4.78, 5) is 37.7. The molecular formula is C46H60O6. The first-order valence-electron chi connectivity index (χ1n) is 19.9. The SMILES string of the molecule is CCCCCCCCCCCCCCC(=O)Oc1ccc(C#Cc2ccc(C(=O)Oc3ccc(C(=O)O[C@@H](CC)CCCCCC)cc3)cc2)cc1. The summed E-state index contributed by atoms with van der Waals surface area (Å²) >= 11 is 0. The highest BCUT2D eigenvalue weighted by Crippen LogP contribution is 2.19. The van der Waals surface area contributed by atoms with Gasteiger partial charge in [0.1, 0.15) is 17.6 Å². The van der Waals surface area contributed by atoms with E-state index in [4.69, 9.17) is 14.2 Å². The van der Waals surface area contributed by atoms with E-state index in [2.05, 4.69) is 25.7 Å². The Morgan fingerprint density at radius 1 is 0.500 bits per heavy atom. The fourth-order valence-corrected chi connectivity index (χ4v) is 5.92. The lowest BCUT2D eigenvalue weighted by molar-refractivity contribution is -0.134. The van der Waals surface area contributed by atoms with Crippen molar-refractivity contribution in [3.8, 4) is 23.3 Å². The van der Waals surface area contributed by atoms with Crippen LogP contribution in [0.1, 0.15) is 175 Å². The molecule has 0 amide bonds. The highest BCUT2D eigenvalue weighted by Gasteiger charge is 2.15. The van der Waals surface area contributed by atoms with Crippen LogP contribution in [0, 0.1) is 11.8 Å². The Labute approximate surface area is 313 Å². The van der Waals surface area contributed by atoms with Crippen LogP contribution in [-0.2, 0) is 9.53 Å². The summed E-state index contributed by atoms with van der Waals surface area (Å²) in [6, 6.07) is 20.5. The smallest absolute Gasteiger partial charge is 0.343 e. The molecule has 0 N–H and O–H groups in total. The number of benzene rings is 3. The van der Waals surface area contributed by atoms with Crippen molar-refractivity contribution < 1.29 is 28.6 Å². The first kappa shape index (κ1) is 42.0. The average molecular weight is 709 g/mol. The molecule has 3 aromatic carbocycles. The van der Waals surface area contributed by atoms with Crippen LogP contribution in [-0.4, -0.2) is 24.0 Å². The molecule has 3 aromatic rings. The molecule has 0 saturated carbocycles. The molecule has 0 fully saturated rings. The van der Waals surface area contributed by atoms with Gasteiger partial charge in [0.25, 0.3) is 0 Å². The van der Waals surface area contributed by atoms with E-state index in [0.717, 1.165) is 49.7 Å². The van der Waals surface area contributed by atoms with E-state index in [1.165, 1.54) is 77.0 Å². The fourth-order valence-electron chi connectivity index (χ4n) is 5.92. The molecule has 6 heteroatoms. The molecule has 0 aliphatic rings. The Kier molecular flexibility index (Phi) is 20.7. The van der Waals surface area contributed by atoms with Gasteiger partial charge in [0, 0.05) is 17.5 Å². The summed E-state index contributed by atoms with van der Waals surface area (Å²) < 4.78 is 16.7. The predicted molar refractivity (Wildman–Crippen MR) is 210 cm³/mol. The predicted octanol–water partition coefficient (Wildman–Crippen LogP) is 12.2. The molecule has 3 rings (SSSR count). The number of carbonyl (C=O) groups is 3. The summed E-state index contributed by atoms with van der Waals surface area (Å²) in [7, 11) is 0. The third-order valence-electron chi connectivity index (χ3n) is 9.20. The van der Waals surface area contributed by atoms with Crippen LogP contribution in [0.3, 0.4) is 0 Å². The zero-order chi connectivity index (χ0) is 37.2. The third-order valence-corrected chi connectivity index (χ3v) is 9.20. The van der Waals surface area contributed by atoms with Crippen molar-refractivity contribution in [1.82, 2.24) is 0 Å². The third kappa shape index (κ3) is 17.2. The molecule has 1 atom stereocenters. The van der Waals surface area contributed by atoms with Crippen LogP contribution in [0.15, 0.2) is 72.8 Å². The molecule has 0 aliphatic heterocycles. The van der Waals surface area contributed by atoms with Crippen molar-refractivity contribution in [2.24, 2.45) is 0 Å². The molecule has 52 heavy (non-hydrogen) atoms. The van der Waals surface area contributed by atoms with Gasteiger partial charge < -0.3 is 14.2 Å². The monoisotopic (exact) mass is 708 g/mol. The van der Waals surface area contributed by atoms with Gasteiger partial charge in [0.15, 0.2) is 0 Å². The van der Waals surface area contributed by atoms with Crippen molar-refractivity contribution in [3.05, 3.63) is 95.1 Å². The van der Waals surface area contributed by atoms with Gasteiger partial charge in [0.2, 0.25) is 0 Å². The van der Waals surface area contributed by atoms with Crippen molar-refractivity contribution in [2.75, 3.05) is 0 Å². The Morgan fingerprint density at radius 3 is 1.46 bits per heavy atom. The van der Waals surface area contributed by atoms with E-state index in [1.54, 1.807) is 60.7 Å². The molecule has 0 saturated heterocycles. The van der Waals surface area contributed by atoms with E-state index in [0.29, 0.717) is 29.0 Å². The van der Waals surface area contributed by atoms with Crippen molar-refractivity contribution in [3.63, 3.8) is 0 Å². The van der Waals surface area contributed by atoms with Gasteiger partial charge in [-0.05, 0) is 98.5 Å². The fraction of sp³-hybridized carbons (Fsp3) is 0.500. The van der Waals surface area contributed by atoms with Gasteiger partial charge in [-0.15, -0.1) is 0 Å². The van der Waals surface area contributed by atoms with Crippen molar-refractivity contribution in [2.45, 2.75) is 149 Å². The zero-order valence-corrected chi connectivity index (χ0v) is 31.9. The van der Waals surface area contributed by atoms with Crippen molar-refractivity contribution in [1.29, 1.82) is 0 Å². The van der Waals surface area contributed by atoms with Crippen LogP contribution in [0.2, 0.25) is 0 Å². The first-order valence-corrected chi connectivity index (χ1v) is 19.9. The van der Waals surface area contributed by atoms with Crippen LogP contribution in [0.5, 0.6) is 11.5 Å². The van der Waals surface area contributed by atoms with Gasteiger partial charge in [-0.3, -0.25) is 4.79 Å². The second-order valence-corrected chi connectivity index (χ2v) is 13.7. The molecule has 0 aliphatic carbocycles. The van der Waals surface area contributed by atoms with Crippen LogP contribution in [0.4, 0.5) is 0 Å². The van der Waals surface area contributed by atoms with E-state index < -0.39 is 5.97 Å². The number of rotatable bonds is 24. The van der Waals surface area contributed by atoms with Gasteiger partial charge in [-0.1, -0.05) is 123 Å². The maximum Gasteiger partial charge on any atom is 0.343 e. The molecule has 280 valence electrons. The molecule has 0 aromatic heterocycles. The molecule has 0 spiro atoms. The van der Waals surface area contributed by atoms with Gasteiger partial charge in [0.05, 0.1) is 11.1 Å². The first-order chi connectivity index (χ1) is 25.4. The van der Waals surface area contributed by atoms with Gasteiger partial charge >= 0.3 is 17.9 Å². The quantitative estimate of drug-likeness (QED) is 0.0399. The normalized spacial score (nSPS) is 11.3. The highest BCUT2D eigenvalue weighted by atomic mass is 16.5. The minimum atomic E-state index is -0.503. The molecular weight excluding hydrogens is 648 g/mol. The average Bonchev–Trinajstić information content (AvgIpc) is 3.16. The second kappa shape index (κ2) is 25.6. The van der Waals surface area contributed by atoms with Crippen LogP contribution < -0.4 is 9.47 Å². The molecule has 0 radical (unpaired) electrons. The number of unbranched alkanes of at least 4 members (excludes halogenated alkanes) is 14. The highest BCUT2D eigenvalue weighted by molar-refractivity contribution is 5.92. The largest absolute Gasteiger partial charge is 0.459 e. The van der Waals surface area contributed by atoms with E-state index >= 15 is 0 Å². The number of hydrogen-bond donors (Lipinski definition) is 0. The Balaban J connectivity index is 1.35. The summed E-state index contributed by atoms with van der Waals surface area (Å²) in [6.07, 6.45) is 21.7. The Bertz CT molecular complexity index is 1510. The lowest BCUT2D eigenvalue weighted by Crippen LogP contribution is -2.17. The molecule has 0 unspecified atom stereocenters. The molecule has 0 heterocycles. The number of esters is 3. The number of carbonyl (C=O) groups excluding carboxylic acids is 3. The summed E-state index contributed by atoms with van der Waals surface area (Å²) in [5.74, 6) is 6.00. The van der Waals surface area contributed by atoms with E-state index in [9.17, 15) is 14.4 Å². The maximum atomic E-state index is 12.7. The standard InChI is InChI=1S/C46H60O6/c1-4-7-9-11-12-13-14-15-16-17-18-20-22-44(47)50-42-33-27-38(28-34-42)24-23-37-25-29-39(30-26-37)46(49)52-43-35-31-40(32-36-43)45(48)51-41(6-3)21-19-10-8-5-2/h25-36,41H,4-22H2,1-3H3/t41-/m0/s1. The molecule has 6 nitrogen and oxygen atoms in total. The zero-order valence-electron chi connectivity index (χ0n) is 31.9. The second-order valence-electron chi connectivity index (χ2n) is 13.7. The van der Waals surface area contributed by atoms with E-state index in [1.807, 2.05) is 19.1 Å². The van der Waals surface area contributed by atoms with Gasteiger partial charge in [-0.2, -0.15) is 0 Å².